The number of carbonyl (C=O) groups is 1. The maximum Gasteiger partial charge on any atom is 0.321 e. The van der Waals surface area contributed by atoms with Gasteiger partial charge in [-0.15, -0.1) is 0 Å². The average molecular weight is 359 g/mol. The Bertz CT molecular complexity index is 806. The predicted octanol–water partition coefficient (Wildman–Crippen LogP) is 3.83. The Morgan fingerprint density at radius 2 is 1.84 bits per heavy atom. The van der Waals surface area contributed by atoms with E-state index in [9.17, 15) is 4.79 Å². The van der Waals surface area contributed by atoms with E-state index in [1.165, 1.54) is 7.11 Å². The van der Waals surface area contributed by atoms with Gasteiger partial charge < -0.3 is 14.5 Å². The molecule has 0 amide bonds. The number of methoxy groups -OCH3 is 1. The molecule has 0 fully saturated rings. The SMILES string of the molecule is COC(=O)C1(CCN(C)C)c2ccccc2N(C)c2cc(Cl)ccc21. The standard InChI is InChI=1S/C20H23ClN2O2/c1-22(2)12-11-20(19(24)25-4)15-7-5-6-8-17(15)23(3)18-13-14(21)9-10-16(18)20/h5-10,13H,11-12H2,1-4H3. The van der Waals surface area contributed by atoms with Gasteiger partial charge in [0.15, 0.2) is 0 Å². The summed E-state index contributed by atoms with van der Waals surface area (Å²) in [6, 6.07) is 13.7. The van der Waals surface area contributed by atoms with Crippen LogP contribution in [-0.4, -0.2) is 45.7 Å². The van der Waals surface area contributed by atoms with Crippen molar-refractivity contribution in [2.24, 2.45) is 0 Å². The van der Waals surface area contributed by atoms with Crippen molar-refractivity contribution >= 4 is 28.9 Å². The fourth-order valence-electron chi connectivity index (χ4n) is 3.70. The number of para-hydroxylation sites is 1. The number of anilines is 2. The van der Waals surface area contributed by atoms with E-state index in [2.05, 4.69) is 9.80 Å². The van der Waals surface area contributed by atoms with Crippen LogP contribution in [0.1, 0.15) is 17.5 Å². The van der Waals surface area contributed by atoms with Crippen molar-refractivity contribution in [1.82, 2.24) is 4.90 Å². The van der Waals surface area contributed by atoms with E-state index in [0.29, 0.717) is 11.4 Å². The molecule has 25 heavy (non-hydrogen) atoms. The van der Waals surface area contributed by atoms with Gasteiger partial charge >= 0.3 is 5.97 Å². The molecule has 1 atom stereocenters. The van der Waals surface area contributed by atoms with E-state index in [1.807, 2.05) is 63.6 Å². The van der Waals surface area contributed by atoms with Crippen molar-refractivity contribution in [2.75, 3.05) is 39.7 Å². The van der Waals surface area contributed by atoms with Crippen LogP contribution in [-0.2, 0) is 14.9 Å². The molecule has 1 aliphatic rings. The highest BCUT2D eigenvalue weighted by atomic mass is 35.5. The number of fused-ring (bicyclic) bond motifs is 2. The number of nitrogens with zero attached hydrogens (tertiary/aromatic N) is 2. The number of esters is 1. The Morgan fingerprint density at radius 3 is 2.52 bits per heavy atom. The van der Waals surface area contributed by atoms with Gasteiger partial charge in [-0.3, -0.25) is 4.79 Å². The minimum absolute atomic E-state index is 0.238. The molecule has 1 aliphatic heterocycles. The molecular weight excluding hydrogens is 336 g/mol. The average Bonchev–Trinajstić information content (AvgIpc) is 2.61. The molecule has 1 unspecified atom stereocenters. The molecule has 0 N–H and O–H groups in total. The maximum absolute atomic E-state index is 13.1. The van der Waals surface area contributed by atoms with Crippen LogP contribution in [0.3, 0.4) is 0 Å². The Kier molecular flexibility index (Phi) is 4.76. The lowest BCUT2D eigenvalue weighted by molar-refractivity contribution is -0.146. The van der Waals surface area contributed by atoms with Gasteiger partial charge in [-0.25, -0.2) is 0 Å². The van der Waals surface area contributed by atoms with Gasteiger partial charge in [0.1, 0.15) is 5.41 Å². The third-order valence-electron chi connectivity index (χ3n) is 4.97. The zero-order valence-corrected chi connectivity index (χ0v) is 15.8. The summed E-state index contributed by atoms with van der Waals surface area (Å²) in [6.07, 6.45) is 0.631. The molecule has 5 heteroatoms. The first kappa shape index (κ1) is 17.8. The largest absolute Gasteiger partial charge is 0.468 e. The second-order valence-corrected chi connectivity index (χ2v) is 7.12. The summed E-state index contributed by atoms with van der Waals surface area (Å²) in [4.78, 5) is 17.3. The summed E-state index contributed by atoms with van der Waals surface area (Å²) in [5, 5.41) is 0.649. The fourth-order valence-corrected chi connectivity index (χ4v) is 3.87. The van der Waals surface area contributed by atoms with Gasteiger partial charge in [-0.1, -0.05) is 35.9 Å². The quantitative estimate of drug-likeness (QED) is 0.777. The number of benzene rings is 2. The Hall–Kier alpha value is -2.04. The van der Waals surface area contributed by atoms with Crippen molar-refractivity contribution in [3.63, 3.8) is 0 Å². The zero-order valence-electron chi connectivity index (χ0n) is 15.0. The van der Waals surface area contributed by atoms with Crippen LogP contribution in [0, 0.1) is 0 Å². The number of hydrogen-bond acceptors (Lipinski definition) is 4. The predicted molar refractivity (Wildman–Crippen MR) is 102 cm³/mol. The van der Waals surface area contributed by atoms with Gasteiger partial charge in [-0.2, -0.15) is 0 Å². The van der Waals surface area contributed by atoms with Crippen LogP contribution in [0.2, 0.25) is 5.02 Å². The number of carbonyl (C=O) groups excluding carboxylic acids is 1. The first-order valence-electron chi connectivity index (χ1n) is 8.28. The highest BCUT2D eigenvalue weighted by Crippen LogP contribution is 2.51. The van der Waals surface area contributed by atoms with Gasteiger partial charge in [-0.05, 0) is 56.4 Å². The lowest BCUT2D eigenvalue weighted by Gasteiger charge is -2.43. The minimum atomic E-state index is -0.845. The minimum Gasteiger partial charge on any atom is -0.468 e. The molecule has 0 radical (unpaired) electrons. The van der Waals surface area contributed by atoms with Crippen molar-refractivity contribution in [3.8, 4) is 0 Å². The first-order chi connectivity index (χ1) is 11.9. The molecule has 0 spiro atoms. The first-order valence-corrected chi connectivity index (χ1v) is 8.66. The van der Waals surface area contributed by atoms with Gasteiger partial charge in [0.2, 0.25) is 0 Å². The smallest absolute Gasteiger partial charge is 0.321 e. The molecule has 2 aromatic carbocycles. The molecule has 3 rings (SSSR count). The lowest BCUT2D eigenvalue weighted by atomic mass is 9.68. The van der Waals surface area contributed by atoms with Crippen LogP contribution in [0.5, 0.6) is 0 Å². The highest BCUT2D eigenvalue weighted by Gasteiger charge is 2.49. The van der Waals surface area contributed by atoms with Crippen molar-refractivity contribution in [3.05, 3.63) is 58.6 Å². The number of rotatable bonds is 4. The summed E-state index contributed by atoms with van der Waals surface area (Å²) in [7, 11) is 7.47. The Morgan fingerprint density at radius 1 is 1.16 bits per heavy atom. The maximum atomic E-state index is 13.1. The summed E-state index contributed by atoms with van der Waals surface area (Å²) >= 11 is 6.25. The van der Waals surface area contributed by atoms with Crippen molar-refractivity contribution in [2.45, 2.75) is 11.8 Å². The van der Waals surface area contributed by atoms with E-state index in [4.69, 9.17) is 16.3 Å². The number of halogens is 1. The molecule has 0 saturated carbocycles. The lowest BCUT2D eigenvalue weighted by Crippen LogP contribution is -2.45. The van der Waals surface area contributed by atoms with E-state index in [1.54, 1.807) is 0 Å². The Labute approximate surface area is 154 Å². The molecule has 0 bridgehead atoms. The van der Waals surface area contributed by atoms with E-state index < -0.39 is 5.41 Å². The molecule has 0 aromatic heterocycles. The molecule has 0 saturated heterocycles. The van der Waals surface area contributed by atoms with Crippen molar-refractivity contribution < 1.29 is 9.53 Å². The topological polar surface area (TPSA) is 32.8 Å². The molecule has 1 heterocycles. The Balaban J connectivity index is 2.32. The summed E-state index contributed by atoms with van der Waals surface area (Å²) in [5.41, 5.74) is 3.01. The van der Waals surface area contributed by atoms with Crippen LogP contribution in [0.4, 0.5) is 11.4 Å². The fraction of sp³-hybridized carbons (Fsp3) is 0.350. The van der Waals surface area contributed by atoms with Crippen LogP contribution < -0.4 is 4.90 Å². The summed E-state index contributed by atoms with van der Waals surface area (Å²) in [6.45, 7) is 0.759. The van der Waals surface area contributed by atoms with Crippen LogP contribution in [0.25, 0.3) is 0 Å². The number of ether oxygens (including phenoxy) is 1. The summed E-state index contributed by atoms with van der Waals surface area (Å²) < 4.78 is 5.30. The van der Waals surface area contributed by atoms with Gasteiger partial charge in [0.25, 0.3) is 0 Å². The number of hydrogen-bond donors (Lipinski definition) is 0. The molecule has 2 aromatic rings. The zero-order chi connectivity index (χ0) is 18.2. The van der Waals surface area contributed by atoms with Crippen LogP contribution in [0.15, 0.2) is 42.5 Å². The van der Waals surface area contributed by atoms with Crippen LogP contribution >= 0.6 is 11.6 Å². The normalized spacial score (nSPS) is 18.7. The second kappa shape index (κ2) is 6.70. The molecule has 0 aliphatic carbocycles. The molecule has 4 nitrogen and oxygen atoms in total. The second-order valence-electron chi connectivity index (χ2n) is 6.69. The van der Waals surface area contributed by atoms with Crippen molar-refractivity contribution in [1.29, 1.82) is 0 Å². The van der Waals surface area contributed by atoms with E-state index >= 15 is 0 Å². The molecular formula is C20H23ClN2O2. The highest BCUT2D eigenvalue weighted by molar-refractivity contribution is 6.31. The molecule has 132 valence electrons. The van der Waals surface area contributed by atoms with E-state index in [0.717, 1.165) is 29.0 Å². The third kappa shape index (κ3) is 2.79. The van der Waals surface area contributed by atoms with E-state index in [-0.39, 0.29) is 5.97 Å². The van der Waals surface area contributed by atoms with Gasteiger partial charge in [0, 0.05) is 23.4 Å². The summed E-state index contributed by atoms with van der Waals surface area (Å²) in [5.74, 6) is -0.238. The monoisotopic (exact) mass is 358 g/mol. The third-order valence-corrected chi connectivity index (χ3v) is 5.21. The van der Waals surface area contributed by atoms with Gasteiger partial charge in [0.05, 0.1) is 7.11 Å².